The molecule has 2 aromatic carbocycles. The second kappa shape index (κ2) is 9.03. The Kier molecular flexibility index (Phi) is 6.02. The number of nitrogens with one attached hydrogen (secondary N) is 1. The van der Waals surface area contributed by atoms with E-state index >= 15 is 0 Å². The van der Waals surface area contributed by atoms with Gasteiger partial charge in [-0.1, -0.05) is 31.4 Å². The number of rotatable bonds is 6. The molecular weight excluding hydrogens is 382 g/mol. The number of carbonyl (C=O) groups is 1. The van der Waals surface area contributed by atoms with Gasteiger partial charge in [-0.2, -0.15) is 0 Å². The van der Waals surface area contributed by atoms with Crippen molar-refractivity contribution < 1.29 is 18.7 Å². The fraction of sp³-hybridized carbons (Fsp3) is 0.333. The third kappa shape index (κ3) is 4.64. The molecule has 0 aliphatic heterocycles. The van der Waals surface area contributed by atoms with Gasteiger partial charge in [0, 0.05) is 23.6 Å². The van der Waals surface area contributed by atoms with Gasteiger partial charge in [0.25, 0.3) is 5.91 Å². The van der Waals surface area contributed by atoms with Gasteiger partial charge in [-0.05, 0) is 48.2 Å². The predicted octanol–water partition coefficient (Wildman–Crippen LogP) is 4.30. The van der Waals surface area contributed by atoms with Crippen molar-refractivity contribution in [2.24, 2.45) is 0 Å². The summed E-state index contributed by atoms with van der Waals surface area (Å²) < 4.78 is 16.2. The normalized spacial score (nSPS) is 14.4. The molecule has 3 aromatic rings. The van der Waals surface area contributed by atoms with E-state index in [4.69, 9.17) is 13.9 Å². The second-order valence-electron chi connectivity index (χ2n) is 7.56. The van der Waals surface area contributed by atoms with Gasteiger partial charge in [-0.25, -0.2) is 4.79 Å². The Bertz CT molecular complexity index is 1080. The Hall–Kier alpha value is -3.28. The first-order valence-electron chi connectivity index (χ1n) is 10.3. The average Bonchev–Trinajstić information content (AvgIpc) is 2.77. The van der Waals surface area contributed by atoms with Crippen LogP contribution < -0.4 is 20.4 Å². The minimum Gasteiger partial charge on any atom is -0.497 e. The summed E-state index contributed by atoms with van der Waals surface area (Å²) in [5.74, 6) is 1.10. The molecule has 1 aliphatic rings. The van der Waals surface area contributed by atoms with Crippen LogP contribution in [0.15, 0.2) is 57.7 Å². The van der Waals surface area contributed by atoms with E-state index in [1.807, 2.05) is 30.3 Å². The molecule has 1 aromatic heterocycles. The Balaban J connectivity index is 1.51. The van der Waals surface area contributed by atoms with Gasteiger partial charge in [0.15, 0.2) is 6.61 Å². The van der Waals surface area contributed by atoms with Crippen LogP contribution in [0.5, 0.6) is 11.5 Å². The number of carbonyl (C=O) groups excluding carboxylic acids is 1. The fourth-order valence-electron chi connectivity index (χ4n) is 3.91. The van der Waals surface area contributed by atoms with E-state index in [0.29, 0.717) is 11.3 Å². The van der Waals surface area contributed by atoms with Crippen molar-refractivity contribution >= 4 is 16.9 Å². The summed E-state index contributed by atoms with van der Waals surface area (Å²) in [5.41, 5.74) is 1.62. The van der Waals surface area contributed by atoms with Crippen molar-refractivity contribution in [3.63, 3.8) is 0 Å². The highest BCUT2D eigenvalue weighted by molar-refractivity contribution is 5.93. The SMILES string of the molecule is COc1ccc(-c2cc(=O)oc3cc(OCC(=O)NC4CCCCC4)ccc23)cc1. The van der Waals surface area contributed by atoms with Crippen LogP contribution in [0.4, 0.5) is 0 Å². The van der Waals surface area contributed by atoms with E-state index < -0.39 is 5.63 Å². The lowest BCUT2D eigenvalue weighted by atomic mass is 9.95. The molecule has 1 amide bonds. The molecular formula is C24H25NO5. The first-order valence-corrected chi connectivity index (χ1v) is 10.3. The van der Waals surface area contributed by atoms with Gasteiger partial charge < -0.3 is 19.2 Å². The van der Waals surface area contributed by atoms with Crippen molar-refractivity contribution in [2.45, 2.75) is 38.1 Å². The van der Waals surface area contributed by atoms with Gasteiger partial charge >= 0.3 is 5.63 Å². The van der Waals surface area contributed by atoms with Crippen molar-refractivity contribution in [3.8, 4) is 22.6 Å². The maximum Gasteiger partial charge on any atom is 0.336 e. The summed E-state index contributed by atoms with van der Waals surface area (Å²) >= 11 is 0. The van der Waals surface area contributed by atoms with Crippen LogP contribution in [0.25, 0.3) is 22.1 Å². The van der Waals surface area contributed by atoms with E-state index in [-0.39, 0.29) is 18.6 Å². The molecule has 1 N–H and O–H groups in total. The van der Waals surface area contributed by atoms with Crippen molar-refractivity contribution in [2.75, 3.05) is 13.7 Å². The zero-order valence-electron chi connectivity index (χ0n) is 17.0. The van der Waals surface area contributed by atoms with Crippen molar-refractivity contribution in [1.29, 1.82) is 0 Å². The second-order valence-corrected chi connectivity index (χ2v) is 7.56. The fourth-order valence-corrected chi connectivity index (χ4v) is 3.91. The zero-order valence-corrected chi connectivity index (χ0v) is 17.0. The van der Waals surface area contributed by atoms with Gasteiger partial charge in [-0.15, -0.1) is 0 Å². The molecule has 30 heavy (non-hydrogen) atoms. The van der Waals surface area contributed by atoms with Crippen LogP contribution in [0.1, 0.15) is 32.1 Å². The quantitative estimate of drug-likeness (QED) is 0.617. The van der Waals surface area contributed by atoms with E-state index in [1.165, 1.54) is 12.5 Å². The number of hydrogen-bond donors (Lipinski definition) is 1. The predicted molar refractivity (Wildman–Crippen MR) is 115 cm³/mol. The molecule has 6 heteroatoms. The number of amides is 1. The summed E-state index contributed by atoms with van der Waals surface area (Å²) in [6.45, 7) is -0.0651. The van der Waals surface area contributed by atoms with Crippen LogP contribution >= 0.6 is 0 Å². The lowest BCUT2D eigenvalue weighted by molar-refractivity contribution is -0.124. The highest BCUT2D eigenvalue weighted by Gasteiger charge is 2.16. The Labute approximate surface area is 174 Å². The van der Waals surface area contributed by atoms with E-state index in [9.17, 15) is 9.59 Å². The van der Waals surface area contributed by atoms with Gasteiger partial charge in [0.2, 0.25) is 0 Å². The molecule has 1 saturated carbocycles. The number of benzene rings is 2. The molecule has 6 nitrogen and oxygen atoms in total. The largest absolute Gasteiger partial charge is 0.497 e. The molecule has 1 heterocycles. The van der Waals surface area contributed by atoms with Crippen LogP contribution in [-0.4, -0.2) is 25.7 Å². The van der Waals surface area contributed by atoms with Gasteiger partial charge in [0.05, 0.1) is 7.11 Å². The molecule has 0 bridgehead atoms. The molecule has 0 unspecified atom stereocenters. The highest BCUT2D eigenvalue weighted by atomic mass is 16.5. The summed E-state index contributed by atoms with van der Waals surface area (Å²) in [4.78, 5) is 24.3. The smallest absolute Gasteiger partial charge is 0.336 e. The highest BCUT2D eigenvalue weighted by Crippen LogP contribution is 2.30. The third-order valence-corrected chi connectivity index (χ3v) is 5.46. The minimum atomic E-state index is -0.444. The van der Waals surface area contributed by atoms with Crippen LogP contribution in [0.2, 0.25) is 0 Å². The first kappa shape index (κ1) is 20.0. The zero-order chi connectivity index (χ0) is 20.9. The Morgan fingerprint density at radius 3 is 2.50 bits per heavy atom. The van der Waals surface area contributed by atoms with Crippen LogP contribution in [0, 0.1) is 0 Å². The molecule has 0 saturated heterocycles. The molecule has 0 atom stereocenters. The Morgan fingerprint density at radius 1 is 1.03 bits per heavy atom. The molecule has 0 radical (unpaired) electrons. The van der Waals surface area contributed by atoms with Gasteiger partial charge in [0.1, 0.15) is 17.1 Å². The van der Waals surface area contributed by atoms with Crippen LogP contribution in [0.3, 0.4) is 0 Å². The van der Waals surface area contributed by atoms with Crippen LogP contribution in [-0.2, 0) is 4.79 Å². The summed E-state index contributed by atoms with van der Waals surface area (Å²) in [6.07, 6.45) is 5.61. The van der Waals surface area contributed by atoms with Crippen molar-refractivity contribution in [1.82, 2.24) is 5.32 Å². The Morgan fingerprint density at radius 2 is 1.77 bits per heavy atom. The van der Waals surface area contributed by atoms with E-state index in [1.54, 1.807) is 19.2 Å². The number of hydrogen-bond acceptors (Lipinski definition) is 5. The van der Waals surface area contributed by atoms with Crippen molar-refractivity contribution in [3.05, 3.63) is 59.0 Å². The average molecular weight is 407 g/mol. The van der Waals surface area contributed by atoms with E-state index in [0.717, 1.165) is 47.9 Å². The summed E-state index contributed by atoms with van der Waals surface area (Å²) in [6, 6.07) is 14.5. The third-order valence-electron chi connectivity index (χ3n) is 5.46. The maximum atomic E-state index is 12.2. The standard InChI is InChI=1S/C24H25NO5/c1-28-18-9-7-16(8-10-18)21-14-24(27)30-22-13-19(11-12-20(21)22)29-15-23(26)25-17-5-3-2-4-6-17/h7-14,17H,2-6,15H2,1H3,(H,25,26). The summed E-state index contributed by atoms with van der Waals surface area (Å²) in [5, 5.41) is 3.82. The van der Waals surface area contributed by atoms with Gasteiger partial charge in [-0.3, -0.25) is 4.79 Å². The lowest BCUT2D eigenvalue weighted by Gasteiger charge is -2.22. The maximum absolute atomic E-state index is 12.2. The lowest BCUT2D eigenvalue weighted by Crippen LogP contribution is -2.38. The number of methoxy groups -OCH3 is 1. The number of ether oxygens (including phenoxy) is 2. The first-order chi connectivity index (χ1) is 14.6. The van der Waals surface area contributed by atoms with E-state index in [2.05, 4.69) is 5.32 Å². The molecule has 156 valence electrons. The molecule has 1 fully saturated rings. The monoisotopic (exact) mass is 407 g/mol. The molecule has 1 aliphatic carbocycles. The summed E-state index contributed by atoms with van der Waals surface area (Å²) in [7, 11) is 1.61. The minimum absolute atomic E-state index is 0.0651. The topological polar surface area (TPSA) is 77.8 Å². The molecule has 4 rings (SSSR count). The number of fused-ring (bicyclic) bond motifs is 1. The molecule has 0 spiro atoms.